The van der Waals surface area contributed by atoms with Crippen LogP contribution in [0.2, 0.25) is 0 Å². The van der Waals surface area contributed by atoms with Gasteiger partial charge in [0.15, 0.2) is 6.61 Å². The summed E-state index contributed by atoms with van der Waals surface area (Å²) >= 11 is 0. The van der Waals surface area contributed by atoms with Crippen molar-refractivity contribution in [1.82, 2.24) is 5.32 Å². The Morgan fingerprint density at radius 2 is 1.92 bits per heavy atom. The fourth-order valence-corrected chi connectivity index (χ4v) is 2.54. The van der Waals surface area contributed by atoms with E-state index in [1.807, 2.05) is 30.3 Å². The number of amides is 1. The van der Waals surface area contributed by atoms with Crippen molar-refractivity contribution in [3.05, 3.63) is 64.5 Å². The Morgan fingerprint density at radius 1 is 1.17 bits per heavy atom. The summed E-state index contributed by atoms with van der Waals surface area (Å²) in [5.74, 6) is 0.787. The fourth-order valence-electron chi connectivity index (χ4n) is 2.54. The van der Waals surface area contributed by atoms with Gasteiger partial charge in [0.05, 0.1) is 10.9 Å². The molecule has 1 heterocycles. The number of rotatable bonds is 4. The predicted octanol–water partition coefficient (Wildman–Crippen LogP) is 2.89. The van der Waals surface area contributed by atoms with Gasteiger partial charge in [-0.25, -0.2) is 0 Å². The summed E-state index contributed by atoms with van der Waals surface area (Å²) in [6, 6.07) is 14.4. The van der Waals surface area contributed by atoms with E-state index in [0.717, 1.165) is 5.56 Å². The van der Waals surface area contributed by atoms with E-state index in [0.29, 0.717) is 28.0 Å². The van der Waals surface area contributed by atoms with Gasteiger partial charge in [-0.3, -0.25) is 9.59 Å². The van der Waals surface area contributed by atoms with Gasteiger partial charge in [0.1, 0.15) is 17.1 Å². The molecule has 0 aliphatic heterocycles. The van der Waals surface area contributed by atoms with E-state index in [1.54, 1.807) is 32.2 Å². The standard InChI is InChI=1S/C19H17NO4/c1-12-18(13-6-4-3-5-7-13)19(22)15-9-8-14(10-16(15)24-12)23-11-17(21)20-2/h3-10H,11H2,1-2H3,(H,20,21). The molecule has 3 aromatic rings. The summed E-state index contributed by atoms with van der Waals surface area (Å²) in [5.41, 5.74) is 1.73. The van der Waals surface area contributed by atoms with Crippen LogP contribution in [-0.4, -0.2) is 19.6 Å². The maximum Gasteiger partial charge on any atom is 0.257 e. The van der Waals surface area contributed by atoms with Crippen LogP contribution in [0.4, 0.5) is 0 Å². The maximum absolute atomic E-state index is 12.8. The average Bonchev–Trinajstić information content (AvgIpc) is 2.60. The number of ether oxygens (including phenoxy) is 1. The highest BCUT2D eigenvalue weighted by Gasteiger charge is 2.14. The minimum atomic E-state index is -0.229. The topological polar surface area (TPSA) is 68.5 Å². The van der Waals surface area contributed by atoms with Crippen LogP contribution < -0.4 is 15.5 Å². The minimum absolute atomic E-state index is 0.0854. The quantitative estimate of drug-likeness (QED) is 0.801. The minimum Gasteiger partial charge on any atom is -0.484 e. The van der Waals surface area contributed by atoms with Crippen LogP contribution in [0.3, 0.4) is 0 Å². The number of aryl methyl sites for hydroxylation is 1. The lowest BCUT2D eigenvalue weighted by atomic mass is 10.0. The lowest BCUT2D eigenvalue weighted by Crippen LogP contribution is -2.24. The van der Waals surface area contributed by atoms with E-state index in [-0.39, 0.29) is 17.9 Å². The van der Waals surface area contributed by atoms with Gasteiger partial charge in [-0.05, 0) is 24.6 Å². The zero-order valence-corrected chi connectivity index (χ0v) is 13.5. The molecule has 1 N–H and O–H groups in total. The molecule has 0 atom stereocenters. The molecule has 0 radical (unpaired) electrons. The van der Waals surface area contributed by atoms with E-state index in [9.17, 15) is 9.59 Å². The van der Waals surface area contributed by atoms with Crippen LogP contribution in [0.15, 0.2) is 57.7 Å². The molecule has 24 heavy (non-hydrogen) atoms. The third-order valence-corrected chi connectivity index (χ3v) is 3.75. The number of hydrogen-bond donors (Lipinski definition) is 1. The molecular weight excluding hydrogens is 306 g/mol. The van der Waals surface area contributed by atoms with Crippen molar-refractivity contribution in [1.29, 1.82) is 0 Å². The summed E-state index contributed by atoms with van der Waals surface area (Å²) in [6.45, 7) is 1.68. The first kappa shape index (κ1) is 15.8. The van der Waals surface area contributed by atoms with Gasteiger partial charge >= 0.3 is 0 Å². The molecule has 5 nitrogen and oxygen atoms in total. The van der Waals surface area contributed by atoms with Gasteiger partial charge in [0.25, 0.3) is 5.91 Å². The highest BCUT2D eigenvalue weighted by atomic mass is 16.5. The lowest BCUT2D eigenvalue weighted by molar-refractivity contribution is -0.122. The van der Waals surface area contributed by atoms with Crippen LogP contribution in [0.1, 0.15) is 5.76 Å². The molecule has 0 aliphatic carbocycles. The van der Waals surface area contributed by atoms with E-state index in [2.05, 4.69) is 5.32 Å². The molecule has 0 saturated carbocycles. The predicted molar refractivity (Wildman–Crippen MR) is 92.2 cm³/mol. The monoisotopic (exact) mass is 323 g/mol. The van der Waals surface area contributed by atoms with Gasteiger partial charge < -0.3 is 14.5 Å². The van der Waals surface area contributed by atoms with Gasteiger partial charge in [-0.15, -0.1) is 0 Å². The smallest absolute Gasteiger partial charge is 0.257 e. The Bertz CT molecular complexity index is 945. The van der Waals surface area contributed by atoms with Crippen LogP contribution in [0, 0.1) is 6.92 Å². The Labute approximate surface area is 138 Å². The molecule has 0 spiro atoms. The Hall–Kier alpha value is -3.08. The normalized spacial score (nSPS) is 10.6. The molecule has 0 bridgehead atoms. The number of nitrogens with one attached hydrogen (secondary N) is 1. The molecule has 0 aliphatic rings. The summed E-state index contributed by atoms with van der Waals surface area (Å²) in [6.07, 6.45) is 0. The molecule has 1 aromatic heterocycles. The number of fused-ring (bicyclic) bond motifs is 1. The van der Waals surface area contributed by atoms with Crippen molar-refractivity contribution >= 4 is 16.9 Å². The Morgan fingerprint density at radius 3 is 2.62 bits per heavy atom. The highest BCUT2D eigenvalue weighted by Crippen LogP contribution is 2.26. The second-order valence-electron chi connectivity index (χ2n) is 5.35. The zero-order valence-electron chi connectivity index (χ0n) is 13.5. The van der Waals surface area contributed by atoms with Crippen molar-refractivity contribution in [3.63, 3.8) is 0 Å². The third-order valence-electron chi connectivity index (χ3n) is 3.75. The van der Waals surface area contributed by atoms with Crippen molar-refractivity contribution in [2.75, 3.05) is 13.7 Å². The number of carbonyl (C=O) groups excluding carboxylic acids is 1. The maximum atomic E-state index is 12.8. The molecule has 3 rings (SSSR count). The van der Waals surface area contributed by atoms with Gasteiger partial charge in [0.2, 0.25) is 5.43 Å². The summed E-state index contributed by atoms with van der Waals surface area (Å²) in [5, 5.41) is 2.96. The van der Waals surface area contributed by atoms with Gasteiger partial charge in [-0.2, -0.15) is 0 Å². The second kappa shape index (κ2) is 6.58. The highest BCUT2D eigenvalue weighted by molar-refractivity contribution is 5.84. The average molecular weight is 323 g/mol. The molecule has 1 amide bonds. The lowest BCUT2D eigenvalue weighted by Gasteiger charge is -2.09. The van der Waals surface area contributed by atoms with Crippen molar-refractivity contribution < 1.29 is 13.9 Å². The summed E-state index contributed by atoms with van der Waals surface area (Å²) in [7, 11) is 1.54. The molecule has 2 aromatic carbocycles. The van der Waals surface area contributed by atoms with Crippen molar-refractivity contribution in [3.8, 4) is 16.9 Å². The molecule has 0 saturated heterocycles. The van der Waals surface area contributed by atoms with Gasteiger partial charge in [0, 0.05) is 13.1 Å². The molecule has 0 fully saturated rings. The van der Waals surface area contributed by atoms with Crippen molar-refractivity contribution in [2.45, 2.75) is 6.92 Å². The first-order chi connectivity index (χ1) is 11.6. The second-order valence-corrected chi connectivity index (χ2v) is 5.35. The van der Waals surface area contributed by atoms with Crippen LogP contribution >= 0.6 is 0 Å². The van der Waals surface area contributed by atoms with Crippen LogP contribution in [0.5, 0.6) is 5.75 Å². The molecule has 122 valence electrons. The molecule has 5 heteroatoms. The van der Waals surface area contributed by atoms with E-state index < -0.39 is 0 Å². The van der Waals surface area contributed by atoms with E-state index >= 15 is 0 Å². The number of likely N-dealkylation sites (N-methyl/N-ethyl adjacent to an activating group) is 1. The SMILES string of the molecule is CNC(=O)COc1ccc2c(=O)c(-c3ccccc3)c(C)oc2c1. The van der Waals surface area contributed by atoms with Gasteiger partial charge in [-0.1, -0.05) is 30.3 Å². The summed E-state index contributed by atoms with van der Waals surface area (Å²) in [4.78, 5) is 24.1. The Balaban J connectivity index is 2.05. The largest absolute Gasteiger partial charge is 0.484 e. The van der Waals surface area contributed by atoms with Crippen LogP contribution in [0.25, 0.3) is 22.1 Å². The first-order valence-corrected chi connectivity index (χ1v) is 7.56. The molecular formula is C19H17NO4. The Kier molecular flexibility index (Phi) is 4.33. The van der Waals surface area contributed by atoms with E-state index in [4.69, 9.17) is 9.15 Å². The van der Waals surface area contributed by atoms with E-state index in [1.165, 1.54) is 0 Å². The van der Waals surface area contributed by atoms with Crippen LogP contribution in [-0.2, 0) is 4.79 Å². The number of benzene rings is 2. The fraction of sp³-hybridized carbons (Fsp3) is 0.158. The number of carbonyl (C=O) groups is 1. The van der Waals surface area contributed by atoms with Crippen molar-refractivity contribution in [2.24, 2.45) is 0 Å². The zero-order chi connectivity index (χ0) is 17.1. The summed E-state index contributed by atoms with van der Waals surface area (Å²) < 4.78 is 11.2. The third kappa shape index (κ3) is 3.01. The number of hydrogen-bond acceptors (Lipinski definition) is 4. The first-order valence-electron chi connectivity index (χ1n) is 7.56. The molecule has 0 unspecified atom stereocenters.